The Morgan fingerprint density at radius 3 is 2.63 bits per heavy atom. The van der Waals surface area contributed by atoms with E-state index in [-0.39, 0.29) is 18.0 Å². The van der Waals surface area contributed by atoms with Gasteiger partial charge in [-0.2, -0.15) is 0 Å². The summed E-state index contributed by atoms with van der Waals surface area (Å²) in [7, 11) is 0. The van der Waals surface area contributed by atoms with Gasteiger partial charge in [0.05, 0.1) is 0 Å². The lowest BCUT2D eigenvalue weighted by molar-refractivity contribution is 0.161. The molecule has 3 rings (SSSR count). The van der Waals surface area contributed by atoms with Crippen molar-refractivity contribution in [3.05, 3.63) is 64.4 Å². The van der Waals surface area contributed by atoms with E-state index in [0.29, 0.717) is 17.2 Å². The van der Waals surface area contributed by atoms with E-state index < -0.39 is 0 Å². The summed E-state index contributed by atoms with van der Waals surface area (Å²) in [4.78, 5) is 0. The van der Waals surface area contributed by atoms with Crippen LogP contribution in [0.2, 0.25) is 5.02 Å². The zero-order valence-corrected chi connectivity index (χ0v) is 10.9. The number of halogens is 2. The van der Waals surface area contributed by atoms with Gasteiger partial charge in [-0.05, 0) is 23.8 Å². The Hall–Kier alpha value is -1.58. The Morgan fingerprint density at radius 2 is 1.89 bits per heavy atom. The van der Waals surface area contributed by atoms with Crippen molar-refractivity contribution < 1.29 is 9.13 Å². The lowest BCUT2D eigenvalue weighted by atomic mass is 9.93. The molecule has 0 aliphatic carbocycles. The molecule has 2 N–H and O–H groups in total. The van der Waals surface area contributed by atoms with Gasteiger partial charge in [0.25, 0.3) is 0 Å². The van der Waals surface area contributed by atoms with E-state index in [4.69, 9.17) is 22.1 Å². The Morgan fingerprint density at radius 1 is 1.16 bits per heavy atom. The molecule has 2 unspecified atom stereocenters. The van der Waals surface area contributed by atoms with Crippen LogP contribution in [0.4, 0.5) is 4.39 Å². The molecule has 2 atom stereocenters. The molecule has 1 aliphatic heterocycles. The van der Waals surface area contributed by atoms with Gasteiger partial charge in [0.1, 0.15) is 17.7 Å². The van der Waals surface area contributed by atoms with Gasteiger partial charge in [-0.3, -0.25) is 0 Å². The molecular weight excluding hydrogens is 265 g/mol. The lowest BCUT2D eigenvalue weighted by Gasteiger charge is -2.30. The number of benzene rings is 2. The molecule has 2 aromatic carbocycles. The molecular formula is C15H13ClFNO. The second-order valence-corrected chi connectivity index (χ2v) is 5.12. The maximum Gasteiger partial charge on any atom is 0.127 e. The minimum Gasteiger partial charge on any atom is -0.485 e. The molecule has 1 aliphatic rings. The molecule has 0 saturated carbocycles. The largest absolute Gasteiger partial charge is 0.485 e. The van der Waals surface area contributed by atoms with Gasteiger partial charge >= 0.3 is 0 Å². The normalized spacial score (nSPS) is 21.6. The average Bonchev–Trinajstić information content (AvgIpc) is 2.38. The Bertz CT molecular complexity index is 600. The predicted molar refractivity (Wildman–Crippen MR) is 72.8 cm³/mol. The molecule has 0 radical (unpaired) electrons. The third-order valence-electron chi connectivity index (χ3n) is 3.35. The molecule has 0 aromatic heterocycles. The minimum absolute atomic E-state index is 0.148. The number of fused-ring (bicyclic) bond motifs is 1. The van der Waals surface area contributed by atoms with Crippen LogP contribution >= 0.6 is 11.6 Å². The van der Waals surface area contributed by atoms with Crippen LogP contribution in [0.1, 0.15) is 29.7 Å². The van der Waals surface area contributed by atoms with Crippen LogP contribution in [-0.4, -0.2) is 0 Å². The fourth-order valence-electron chi connectivity index (χ4n) is 2.36. The second-order valence-electron chi connectivity index (χ2n) is 4.68. The Balaban J connectivity index is 1.93. The van der Waals surface area contributed by atoms with E-state index >= 15 is 0 Å². The van der Waals surface area contributed by atoms with Crippen LogP contribution in [0.15, 0.2) is 42.5 Å². The summed E-state index contributed by atoms with van der Waals surface area (Å²) in [6, 6.07) is 11.8. The summed E-state index contributed by atoms with van der Waals surface area (Å²) >= 11 is 5.87. The van der Waals surface area contributed by atoms with Gasteiger partial charge in [0, 0.05) is 29.1 Å². The van der Waals surface area contributed by atoms with E-state index in [1.807, 2.05) is 24.3 Å². The highest BCUT2D eigenvalue weighted by molar-refractivity contribution is 6.30. The van der Waals surface area contributed by atoms with Crippen molar-refractivity contribution in [1.82, 2.24) is 0 Å². The van der Waals surface area contributed by atoms with Gasteiger partial charge in [-0.15, -0.1) is 0 Å². The fraction of sp³-hybridized carbons (Fsp3) is 0.200. The van der Waals surface area contributed by atoms with Crippen molar-refractivity contribution in [1.29, 1.82) is 0 Å². The maximum atomic E-state index is 13.3. The first-order valence-electron chi connectivity index (χ1n) is 6.10. The van der Waals surface area contributed by atoms with E-state index in [1.165, 1.54) is 12.1 Å². The first-order chi connectivity index (χ1) is 9.13. The summed E-state index contributed by atoms with van der Waals surface area (Å²) in [6.07, 6.45) is 0.502. The van der Waals surface area contributed by atoms with Gasteiger partial charge in [-0.25, -0.2) is 4.39 Å². The van der Waals surface area contributed by atoms with E-state index in [0.717, 1.165) is 11.1 Å². The van der Waals surface area contributed by atoms with Crippen molar-refractivity contribution in [3.8, 4) is 5.75 Å². The zero-order valence-electron chi connectivity index (χ0n) is 10.1. The summed E-state index contributed by atoms with van der Waals surface area (Å²) < 4.78 is 19.1. The van der Waals surface area contributed by atoms with Gasteiger partial charge in [0.2, 0.25) is 0 Å². The summed E-state index contributed by atoms with van der Waals surface area (Å²) in [5, 5.41) is 0.676. The quantitative estimate of drug-likeness (QED) is 0.855. The highest BCUT2D eigenvalue weighted by atomic mass is 35.5. The van der Waals surface area contributed by atoms with Gasteiger partial charge < -0.3 is 10.5 Å². The fourth-order valence-corrected chi connectivity index (χ4v) is 2.48. The topological polar surface area (TPSA) is 35.2 Å². The number of nitrogens with two attached hydrogens (primary N) is 1. The molecule has 0 bridgehead atoms. The van der Waals surface area contributed by atoms with E-state index in [1.54, 1.807) is 6.07 Å². The minimum atomic E-state index is -0.317. The molecule has 2 nitrogen and oxygen atoms in total. The van der Waals surface area contributed by atoms with E-state index in [9.17, 15) is 4.39 Å². The molecule has 19 heavy (non-hydrogen) atoms. The second kappa shape index (κ2) is 4.83. The van der Waals surface area contributed by atoms with Crippen molar-refractivity contribution in [3.63, 3.8) is 0 Å². The number of ether oxygens (including phenoxy) is 1. The van der Waals surface area contributed by atoms with Gasteiger partial charge in [0.15, 0.2) is 0 Å². The first-order valence-corrected chi connectivity index (χ1v) is 6.48. The first kappa shape index (κ1) is 12.5. The highest BCUT2D eigenvalue weighted by Gasteiger charge is 2.27. The van der Waals surface area contributed by atoms with Crippen molar-refractivity contribution >= 4 is 11.6 Å². The molecule has 98 valence electrons. The SMILES string of the molecule is NC1CC(c2ccc(Cl)cc2)Oc2cc(F)ccc21. The molecule has 4 heteroatoms. The van der Waals surface area contributed by atoms with Gasteiger partial charge in [-0.1, -0.05) is 29.8 Å². The molecule has 0 amide bonds. The third kappa shape index (κ3) is 2.44. The molecule has 0 fully saturated rings. The van der Waals surface area contributed by atoms with Crippen LogP contribution in [0.5, 0.6) is 5.75 Å². The summed E-state index contributed by atoms with van der Waals surface area (Å²) in [6.45, 7) is 0. The van der Waals surface area contributed by atoms with Crippen LogP contribution in [-0.2, 0) is 0 Å². The number of rotatable bonds is 1. The third-order valence-corrected chi connectivity index (χ3v) is 3.61. The van der Waals surface area contributed by atoms with E-state index in [2.05, 4.69) is 0 Å². The lowest BCUT2D eigenvalue weighted by Crippen LogP contribution is -2.24. The predicted octanol–water partition coefficient (Wildman–Crippen LogP) is 4.00. The van der Waals surface area contributed by atoms with Crippen molar-refractivity contribution in [2.75, 3.05) is 0 Å². The van der Waals surface area contributed by atoms with Crippen molar-refractivity contribution in [2.24, 2.45) is 5.73 Å². The molecule has 0 saturated heterocycles. The molecule has 1 heterocycles. The molecule has 0 spiro atoms. The number of hydrogen-bond donors (Lipinski definition) is 1. The highest BCUT2D eigenvalue weighted by Crippen LogP contribution is 2.39. The molecule has 2 aromatic rings. The Labute approximate surface area is 115 Å². The maximum absolute atomic E-state index is 13.3. The van der Waals surface area contributed by atoms with Crippen LogP contribution in [0.25, 0.3) is 0 Å². The number of hydrogen-bond acceptors (Lipinski definition) is 2. The van der Waals surface area contributed by atoms with Crippen LogP contribution < -0.4 is 10.5 Å². The smallest absolute Gasteiger partial charge is 0.127 e. The van der Waals surface area contributed by atoms with Crippen LogP contribution in [0.3, 0.4) is 0 Å². The standard InChI is InChI=1S/C15H13ClFNO/c16-10-3-1-9(2-4-10)14-8-13(18)12-6-5-11(17)7-15(12)19-14/h1-7,13-14H,8,18H2. The van der Waals surface area contributed by atoms with Crippen LogP contribution in [0, 0.1) is 5.82 Å². The van der Waals surface area contributed by atoms with Crippen molar-refractivity contribution in [2.45, 2.75) is 18.6 Å². The zero-order chi connectivity index (χ0) is 13.4. The monoisotopic (exact) mass is 277 g/mol. The summed E-state index contributed by atoms with van der Waals surface area (Å²) in [5.74, 6) is 0.210. The summed E-state index contributed by atoms with van der Waals surface area (Å²) in [5.41, 5.74) is 7.97. The average molecular weight is 278 g/mol. The Kier molecular flexibility index (Phi) is 3.17.